The van der Waals surface area contributed by atoms with Crippen LogP contribution < -0.4 is 9.47 Å². The maximum atomic E-state index is 5.71. The van der Waals surface area contributed by atoms with E-state index in [0.717, 1.165) is 29.0 Å². The van der Waals surface area contributed by atoms with Gasteiger partial charge in [0, 0.05) is 5.88 Å². The van der Waals surface area contributed by atoms with E-state index in [0.29, 0.717) is 19.1 Å². The molecule has 0 bridgehead atoms. The molecule has 0 saturated heterocycles. The van der Waals surface area contributed by atoms with Gasteiger partial charge < -0.3 is 9.47 Å². The largest absolute Gasteiger partial charge is 0.493 e. The van der Waals surface area contributed by atoms with E-state index in [1.165, 1.54) is 0 Å². The van der Waals surface area contributed by atoms with Crippen molar-refractivity contribution in [2.24, 2.45) is 0 Å². The minimum Gasteiger partial charge on any atom is -0.493 e. The van der Waals surface area contributed by atoms with Gasteiger partial charge in [-0.05, 0) is 49.6 Å². The van der Waals surface area contributed by atoms with Gasteiger partial charge in [-0.1, -0.05) is 23.2 Å². The summed E-state index contributed by atoms with van der Waals surface area (Å²) in [7, 11) is 0. The molecule has 0 heterocycles. The third kappa shape index (κ3) is 5.94. The molecule has 19 heavy (non-hydrogen) atoms. The molecule has 1 rings (SSSR count). The number of rotatable bonds is 7. The van der Waals surface area contributed by atoms with Gasteiger partial charge in [0.1, 0.15) is 22.6 Å². The quantitative estimate of drug-likeness (QED) is 0.519. The molecule has 1 aromatic carbocycles. The molecule has 1 aromatic rings. The Bertz CT molecular complexity index is 417. The Kier molecular flexibility index (Phi) is 7.44. The average molecular weight is 324 g/mol. The Balaban J connectivity index is 2.70. The number of ether oxygens (including phenoxy) is 2. The highest BCUT2D eigenvalue weighted by Gasteiger charge is 2.07. The zero-order chi connectivity index (χ0) is 14.3. The van der Waals surface area contributed by atoms with Crippen LogP contribution in [-0.4, -0.2) is 19.1 Å². The minimum atomic E-state index is 0.203. The first-order chi connectivity index (χ1) is 9.04. The molecule has 106 valence electrons. The van der Waals surface area contributed by atoms with E-state index < -0.39 is 0 Å². The van der Waals surface area contributed by atoms with Crippen LogP contribution >= 0.6 is 34.8 Å². The van der Waals surface area contributed by atoms with Crippen molar-refractivity contribution in [3.05, 3.63) is 33.8 Å². The summed E-state index contributed by atoms with van der Waals surface area (Å²) in [5.41, 5.74) is 2.07. The normalized spacial score (nSPS) is 10.2. The minimum absolute atomic E-state index is 0.203. The van der Waals surface area contributed by atoms with Gasteiger partial charge in [-0.25, -0.2) is 0 Å². The van der Waals surface area contributed by atoms with E-state index in [9.17, 15) is 0 Å². The molecule has 0 unspecified atom stereocenters. The van der Waals surface area contributed by atoms with Crippen molar-refractivity contribution in [3.8, 4) is 11.5 Å². The second-order valence-corrected chi connectivity index (χ2v) is 5.47. The summed E-state index contributed by atoms with van der Waals surface area (Å²) < 4.78 is 11.5. The molecule has 0 aromatic heterocycles. The second-order valence-electron chi connectivity index (χ2n) is 4.08. The molecule has 0 N–H and O–H groups in total. The number of benzene rings is 1. The van der Waals surface area contributed by atoms with Gasteiger partial charge in [0.2, 0.25) is 0 Å². The van der Waals surface area contributed by atoms with Crippen molar-refractivity contribution in [1.82, 2.24) is 0 Å². The number of aryl methyl sites for hydroxylation is 2. The van der Waals surface area contributed by atoms with Crippen molar-refractivity contribution < 1.29 is 9.47 Å². The zero-order valence-corrected chi connectivity index (χ0v) is 13.3. The molecule has 0 aliphatic rings. The number of halogens is 3. The van der Waals surface area contributed by atoms with Gasteiger partial charge in [0.05, 0.1) is 6.61 Å². The van der Waals surface area contributed by atoms with Crippen LogP contribution in [-0.2, 0) is 0 Å². The maximum absolute atomic E-state index is 5.71. The Morgan fingerprint density at radius 2 is 1.79 bits per heavy atom. The maximum Gasteiger partial charge on any atom is 0.125 e. The van der Waals surface area contributed by atoms with Gasteiger partial charge in [0.15, 0.2) is 0 Å². The van der Waals surface area contributed by atoms with Crippen LogP contribution in [0.2, 0.25) is 0 Å². The fourth-order valence-corrected chi connectivity index (χ4v) is 1.89. The van der Waals surface area contributed by atoms with E-state index in [1.807, 2.05) is 26.0 Å². The zero-order valence-electron chi connectivity index (χ0n) is 11.0. The molecule has 0 fully saturated rings. The summed E-state index contributed by atoms with van der Waals surface area (Å²) in [6.45, 7) is 4.93. The van der Waals surface area contributed by atoms with Gasteiger partial charge in [-0.3, -0.25) is 0 Å². The molecule has 2 nitrogen and oxygen atoms in total. The van der Waals surface area contributed by atoms with Gasteiger partial charge in [0.25, 0.3) is 0 Å². The molecule has 0 aliphatic carbocycles. The van der Waals surface area contributed by atoms with Gasteiger partial charge in [-0.2, -0.15) is 0 Å². The molecular formula is C14H17Cl3O2. The molecular weight excluding hydrogens is 307 g/mol. The molecule has 0 aliphatic heterocycles. The highest BCUT2D eigenvalue weighted by molar-refractivity contribution is 6.55. The SMILES string of the molecule is Cc1cc(OCC=C(Cl)Cl)cc(C)c1OCCCCl. The molecule has 0 atom stereocenters. The van der Waals surface area contributed by atoms with Crippen LogP contribution in [0, 0.1) is 13.8 Å². The predicted molar refractivity (Wildman–Crippen MR) is 82.0 cm³/mol. The lowest BCUT2D eigenvalue weighted by Gasteiger charge is -2.14. The van der Waals surface area contributed by atoms with Crippen molar-refractivity contribution >= 4 is 34.8 Å². The highest BCUT2D eigenvalue weighted by Crippen LogP contribution is 2.28. The van der Waals surface area contributed by atoms with Crippen molar-refractivity contribution in [2.75, 3.05) is 19.1 Å². The van der Waals surface area contributed by atoms with Crippen LogP contribution in [0.1, 0.15) is 17.5 Å². The number of hydrogen-bond acceptors (Lipinski definition) is 2. The topological polar surface area (TPSA) is 18.5 Å². The lowest BCUT2D eigenvalue weighted by atomic mass is 10.1. The first-order valence-corrected chi connectivity index (χ1v) is 7.27. The van der Waals surface area contributed by atoms with E-state index >= 15 is 0 Å². The standard InChI is InChI=1S/C14H17Cl3O2/c1-10-8-12(18-7-4-13(16)17)9-11(2)14(10)19-6-3-5-15/h4,8-9H,3,5-7H2,1-2H3. The first-order valence-electron chi connectivity index (χ1n) is 5.98. The van der Waals surface area contributed by atoms with Crippen LogP contribution in [0.5, 0.6) is 11.5 Å². The number of alkyl halides is 1. The fourth-order valence-electron chi connectivity index (χ4n) is 1.65. The van der Waals surface area contributed by atoms with Gasteiger partial charge in [-0.15, -0.1) is 11.6 Å². The lowest BCUT2D eigenvalue weighted by molar-refractivity contribution is 0.312. The predicted octanol–water partition coefficient (Wildman–Crippen LogP) is 5.01. The summed E-state index contributed by atoms with van der Waals surface area (Å²) in [4.78, 5) is 0. The molecule has 0 radical (unpaired) electrons. The van der Waals surface area contributed by atoms with E-state index in [4.69, 9.17) is 44.3 Å². The molecule has 5 heteroatoms. The molecule has 0 saturated carbocycles. The highest BCUT2D eigenvalue weighted by atomic mass is 35.5. The molecule has 0 spiro atoms. The average Bonchev–Trinajstić information content (AvgIpc) is 2.32. The fraction of sp³-hybridized carbons (Fsp3) is 0.429. The Morgan fingerprint density at radius 3 is 2.32 bits per heavy atom. The number of hydrogen-bond donors (Lipinski definition) is 0. The van der Waals surface area contributed by atoms with Crippen molar-refractivity contribution in [3.63, 3.8) is 0 Å². The monoisotopic (exact) mass is 322 g/mol. The first kappa shape index (κ1) is 16.5. The third-order valence-corrected chi connectivity index (χ3v) is 3.02. The Labute approximate surface area is 129 Å². The lowest BCUT2D eigenvalue weighted by Crippen LogP contribution is -2.02. The summed E-state index contributed by atoms with van der Waals surface area (Å²) >= 11 is 16.7. The summed E-state index contributed by atoms with van der Waals surface area (Å²) in [5.74, 6) is 2.26. The second kappa shape index (κ2) is 8.57. The smallest absolute Gasteiger partial charge is 0.125 e. The molecule has 0 amide bonds. The summed E-state index contributed by atoms with van der Waals surface area (Å²) in [6, 6.07) is 3.86. The van der Waals surface area contributed by atoms with Crippen molar-refractivity contribution in [1.29, 1.82) is 0 Å². The Morgan fingerprint density at radius 1 is 1.16 bits per heavy atom. The summed E-state index contributed by atoms with van der Waals surface area (Å²) in [5, 5.41) is 0. The van der Waals surface area contributed by atoms with E-state index in [1.54, 1.807) is 6.08 Å². The van der Waals surface area contributed by atoms with Crippen LogP contribution in [0.15, 0.2) is 22.7 Å². The van der Waals surface area contributed by atoms with E-state index in [-0.39, 0.29) is 4.49 Å². The third-order valence-electron chi connectivity index (χ3n) is 2.45. The van der Waals surface area contributed by atoms with Gasteiger partial charge >= 0.3 is 0 Å². The van der Waals surface area contributed by atoms with Crippen LogP contribution in [0.3, 0.4) is 0 Å². The van der Waals surface area contributed by atoms with Crippen molar-refractivity contribution in [2.45, 2.75) is 20.3 Å². The Hall–Kier alpha value is -0.570. The van der Waals surface area contributed by atoms with Crippen LogP contribution in [0.4, 0.5) is 0 Å². The summed E-state index contributed by atoms with van der Waals surface area (Å²) in [6.07, 6.45) is 2.43. The van der Waals surface area contributed by atoms with E-state index in [2.05, 4.69) is 0 Å². The van der Waals surface area contributed by atoms with Crippen LogP contribution in [0.25, 0.3) is 0 Å².